The molecule has 5 heteroatoms. The highest BCUT2D eigenvalue weighted by molar-refractivity contribution is 5.81. The third kappa shape index (κ3) is 2.46. The molecule has 1 unspecified atom stereocenters. The van der Waals surface area contributed by atoms with Crippen LogP contribution in [0.1, 0.15) is 31.6 Å². The molecule has 1 aromatic carbocycles. The molecule has 1 fully saturated rings. The number of carbonyl (C=O) groups excluding carboxylic acids is 1. The van der Waals surface area contributed by atoms with E-state index in [1.165, 1.54) is 0 Å². The van der Waals surface area contributed by atoms with Crippen molar-refractivity contribution in [3.05, 3.63) is 30.1 Å². The summed E-state index contributed by atoms with van der Waals surface area (Å²) < 4.78 is 5.37. The number of benzene rings is 1. The number of carbonyl (C=O) groups is 1. The minimum absolute atomic E-state index is 0.0505. The number of amides is 1. The number of nitrogens with one attached hydrogen (secondary N) is 2. The van der Waals surface area contributed by atoms with Crippen LogP contribution in [0.15, 0.2) is 24.3 Å². The lowest BCUT2D eigenvalue weighted by Gasteiger charge is -2.14. The summed E-state index contributed by atoms with van der Waals surface area (Å²) in [5, 5.41) is 2.94. The number of para-hydroxylation sites is 2. The Balaban J connectivity index is 1.72. The van der Waals surface area contributed by atoms with E-state index in [1.54, 1.807) is 0 Å². The normalized spacial score (nSPS) is 20.6. The quantitative estimate of drug-likeness (QED) is 0.885. The fourth-order valence-corrected chi connectivity index (χ4v) is 2.34. The van der Waals surface area contributed by atoms with Crippen LogP contribution in [-0.2, 0) is 9.53 Å². The summed E-state index contributed by atoms with van der Waals surface area (Å²) in [6, 6.07) is 7.68. The first-order valence-corrected chi connectivity index (χ1v) is 6.60. The van der Waals surface area contributed by atoms with E-state index in [2.05, 4.69) is 15.3 Å². The van der Waals surface area contributed by atoms with Crippen LogP contribution in [0.5, 0.6) is 0 Å². The molecular formula is C14H17N3O2. The Morgan fingerprint density at radius 1 is 1.53 bits per heavy atom. The molecule has 2 aromatic rings. The summed E-state index contributed by atoms with van der Waals surface area (Å²) >= 11 is 0. The standard InChI is InChI=1S/C14H17N3O2/c1-9(15-14(18)12-7-4-8-19-12)13-16-10-5-2-3-6-11(10)17-13/h2-3,5-6,9,12H,4,7-8H2,1H3,(H,15,18)(H,16,17)/t9?,12-/m0/s1. The third-order valence-corrected chi connectivity index (χ3v) is 3.40. The number of H-pyrrole nitrogens is 1. The number of hydrogen-bond acceptors (Lipinski definition) is 3. The van der Waals surface area contributed by atoms with Gasteiger partial charge in [-0.1, -0.05) is 12.1 Å². The Labute approximate surface area is 111 Å². The summed E-state index contributed by atoms with van der Waals surface area (Å²) in [6.45, 7) is 2.60. The second-order valence-corrected chi connectivity index (χ2v) is 4.87. The van der Waals surface area contributed by atoms with Gasteiger partial charge in [0.05, 0.1) is 17.1 Å². The molecule has 0 aliphatic carbocycles. The third-order valence-electron chi connectivity index (χ3n) is 3.40. The van der Waals surface area contributed by atoms with Crippen LogP contribution in [0.4, 0.5) is 0 Å². The number of nitrogens with zero attached hydrogens (tertiary/aromatic N) is 1. The van der Waals surface area contributed by atoms with Crippen LogP contribution in [-0.4, -0.2) is 28.6 Å². The van der Waals surface area contributed by atoms with Crippen molar-refractivity contribution in [2.45, 2.75) is 31.9 Å². The molecule has 0 spiro atoms. The van der Waals surface area contributed by atoms with Crippen LogP contribution in [0.25, 0.3) is 11.0 Å². The number of aromatic amines is 1. The Bertz CT molecular complexity index is 554. The van der Waals surface area contributed by atoms with Crippen molar-refractivity contribution >= 4 is 16.9 Å². The van der Waals surface area contributed by atoms with Gasteiger partial charge in [0.2, 0.25) is 5.91 Å². The van der Waals surface area contributed by atoms with Crippen LogP contribution >= 0.6 is 0 Å². The predicted molar refractivity (Wildman–Crippen MR) is 71.6 cm³/mol. The zero-order valence-corrected chi connectivity index (χ0v) is 10.8. The maximum Gasteiger partial charge on any atom is 0.249 e. The lowest BCUT2D eigenvalue weighted by molar-refractivity contribution is -0.130. The Morgan fingerprint density at radius 3 is 3.11 bits per heavy atom. The fourth-order valence-electron chi connectivity index (χ4n) is 2.34. The van der Waals surface area contributed by atoms with E-state index in [0.29, 0.717) is 6.61 Å². The number of hydrogen-bond donors (Lipinski definition) is 2. The van der Waals surface area contributed by atoms with Crippen molar-refractivity contribution < 1.29 is 9.53 Å². The van der Waals surface area contributed by atoms with E-state index in [9.17, 15) is 4.79 Å². The molecule has 2 atom stereocenters. The topological polar surface area (TPSA) is 67.0 Å². The van der Waals surface area contributed by atoms with Gasteiger partial charge in [-0.3, -0.25) is 4.79 Å². The molecular weight excluding hydrogens is 242 g/mol. The van der Waals surface area contributed by atoms with Gasteiger partial charge in [-0.05, 0) is 31.9 Å². The molecule has 1 amide bonds. The van der Waals surface area contributed by atoms with Crippen molar-refractivity contribution in [1.82, 2.24) is 15.3 Å². The SMILES string of the molecule is CC(NC(=O)[C@@H]1CCCO1)c1nc2ccccc2[nH]1. The Kier molecular flexibility index (Phi) is 3.21. The molecule has 5 nitrogen and oxygen atoms in total. The van der Waals surface area contributed by atoms with Gasteiger partial charge in [0.1, 0.15) is 11.9 Å². The van der Waals surface area contributed by atoms with E-state index >= 15 is 0 Å². The number of ether oxygens (including phenoxy) is 1. The lowest BCUT2D eigenvalue weighted by atomic mass is 10.2. The highest BCUT2D eigenvalue weighted by atomic mass is 16.5. The first-order chi connectivity index (χ1) is 9.24. The van der Waals surface area contributed by atoms with Crippen LogP contribution in [0.3, 0.4) is 0 Å². The molecule has 1 aliphatic rings. The number of rotatable bonds is 3. The first kappa shape index (κ1) is 12.2. The van der Waals surface area contributed by atoms with Gasteiger partial charge in [-0.25, -0.2) is 4.98 Å². The molecule has 0 radical (unpaired) electrons. The van der Waals surface area contributed by atoms with E-state index in [4.69, 9.17) is 4.74 Å². The Hall–Kier alpha value is -1.88. The summed E-state index contributed by atoms with van der Waals surface area (Å²) in [4.78, 5) is 19.7. The second-order valence-electron chi connectivity index (χ2n) is 4.87. The average Bonchev–Trinajstić information content (AvgIpc) is 3.07. The van der Waals surface area contributed by atoms with E-state index in [0.717, 1.165) is 29.7 Å². The highest BCUT2D eigenvalue weighted by Crippen LogP contribution is 2.17. The average molecular weight is 259 g/mol. The molecule has 1 aliphatic heterocycles. The molecule has 100 valence electrons. The lowest BCUT2D eigenvalue weighted by Crippen LogP contribution is -2.36. The van der Waals surface area contributed by atoms with Gasteiger partial charge in [-0.2, -0.15) is 0 Å². The monoisotopic (exact) mass is 259 g/mol. The summed E-state index contributed by atoms with van der Waals surface area (Å²) in [6.07, 6.45) is 1.46. The fraction of sp³-hybridized carbons (Fsp3) is 0.429. The minimum Gasteiger partial charge on any atom is -0.368 e. The summed E-state index contributed by atoms with van der Waals surface area (Å²) in [7, 11) is 0. The molecule has 1 saturated heterocycles. The number of aromatic nitrogens is 2. The molecule has 2 heterocycles. The zero-order chi connectivity index (χ0) is 13.2. The van der Waals surface area contributed by atoms with Crippen molar-refractivity contribution in [1.29, 1.82) is 0 Å². The van der Waals surface area contributed by atoms with Gasteiger partial charge >= 0.3 is 0 Å². The maximum atomic E-state index is 12.0. The number of fused-ring (bicyclic) bond motifs is 1. The van der Waals surface area contributed by atoms with Gasteiger partial charge < -0.3 is 15.0 Å². The van der Waals surface area contributed by atoms with Gasteiger partial charge in [0.15, 0.2) is 0 Å². The van der Waals surface area contributed by atoms with Crippen LogP contribution in [0, 0.1) is 0 Å². The van der Waals surface area contributed by atoms with Gasteiger partial charge in [0.25, 0.3) is 0 Å². The summed E-state index contributed by atoms with van der Waals surface area (Å²) in [5.74, 6) is 0.720. The molecule has 0 saturated carbocycles. The van der Waals surface area contributed by atoms with Crippen LogP contribution in [0.2, 0.25) is 0 Å². The molecule has 3 rings (SSSR count). The predicted octanol–water partition coefficient (Wildman–Crippen LogP) is 1.92. The van der Waals surface area contributed by atoms with Crippen LogP contribution < -0.4 is 5.32 Å². The largest absolute Gasteiger partial charge is 0.368 e. The highest BCUT2D eigenvalue weighted by Gasteiger charge is 2.25. The smallest absolute Gasteiger partial charge is 0.249 e. The second kappa shape index (κ2) is 5.01. The van der Waals surface area contributed by atoms with Crippen molar-refractivity contribution in [2.24, 2.45) is 0 Å². The molecule has 0 bridgehead atoms. The van der Waals surface area contributed by atoms with Crippen molar-refractivity contribution in [3.63, 3.8) is 0 Å². The first-order valence-electron chi connectivity index (χ1n) is 6.60. The van der Waals surface area contributed by atoms with Crippen molar-refractivity contribution in [2.75, 3.05) is 6.61 Å². The molecule has 19 heavy (non-hydrogen) atoms. The number of imidazole rings is 1. The zero-order valence-electron chi connectivity index (χ0n) is 10.8. The molecule has 1 aromatic heterocycles. The van der Waals surface area contributed by atoms with E-state index in [-0.39, 0.29) is 18.1 Å². The minimum atomic E-state index is -0.299. The van der Waals surface area contributed by atoms with Crippen molar-refractivity contribution in [3.8, 4) is 0 Å². The Morgan fingerprint density at radius 2 is 2.37 bits per heavy atom. The van der Waals surface area contributed by atoms with E-state index < -0.39 is 0 Å². The summed E-state index contributed by atoms with van der Waals surface area (Å²) in [5.41, 5.74) is 1.89. The molecule has 2 N–H and O–H groups in total. The van der Waals surface area contributed by atoms with Gasteiger partial charge in [-0.15, -0.1) is 0 Å². The van der Waals surface area contributed by atoms with Gasteiger partial charge in [0, 0.05) is 6.61 Å². The maximum absolute atomic E-state index is 12.0. The van der Waals surface area contributed by atoms with E-state index in [1.807, 2.05) is 31.2 Å².